The highest BCUT2D eigenvalue weighted by atomic mass is 32.2. The summed E-state index contributed by atoms with van der Waals surface area (Å²) in [5, 5.41) is 9.21. The van der Waals surface area contributed by atoms with Crippen LogP contribution in [0.5, 0.6) is 11.5 Å². The molecule has 2 N–H and O–H groups in total. The highest BCUT2D eigenvalue weighted by Crippen LogP contribution is 2.41. The first kappa shape index (κ1) is 26.2. The Balaban J connectivity index is 1.63. The van der Waals surface area contributed by atoms with Crippen LogP contribution in [-0.4, -0.2) is 59.1 Å². The molecule has 2 amide bonds. The van der Waals surface area contributed by atoms with Gasteiger partial charge in [-0.05, 0) is 48.2 Å². The van der Waals surface area contributed by atoms with Crippen LogP contribution in [0.25, 0.3) is 0 Å². The summed E-state index contributed by atoms with van der Waals surface area (Å²) < 4.78 is 31.6. The lowest BCUT2D eigenvalue weighted by molar-refractivity contribution is -0.130. The molecule has 1 aliphatic rings. The van der Waals surface area contributed by atoms with E-state index in [9.17, 15) is 23.2 Å². The van der Waals surface area contributed by atoms with Gasteiger partial charge in [0.1, 0.15) is 21.9 Å². The number of amides is 2. The van der Waals surface area contributed by atoms with E-state index in [0.29, 0.717) is 17.1 Å². The van der Waals surface area contributed by atoms with Crippen molar-refractivity contribution in [3.8, 4) is 11.5 Å². The molecule has 2 aromatic carbocycles. The predicted octanol–water partition coefficient (Wildman–Crippen LogP) is 2.88. The summed E-state index contributed by atoms with van der Waals surface area (Å²) in [6.45, 7) is 2.07. The number of nitrogens with zero attached hydrogens (tertiary/aromatic N) is 3. The summed E-state index contributed by atoms with van der Waals surface area (Å²) in [4.78, 5) is 34.6. The molecule has 0 bridgehead atoms. The molecule has 10 nitrogen and oxygen atoms in total. The molecule has 1 atom stereocenters. The molecule has 0 saturated carbocycles. The maximum atomic E-state index is 13.7. The van der Waals surface area contributed by atoms with Crippen LogP contribution in [0.2, 0.25) is 0 Å². The second kappa shape index (κ2) is 11.1. The van der Waals surface area contributed by atoms with Gasteiger partial charge in [-0.25, -0.2) is 18.9 Å². The van der Waals surface area contributed by atoms with Gasteiger partial charge in [0.25, 0.3) is 5.91 Å². The fourth-order valence-electron chi connectivity index (χ4n) is 4.46. The zero-order valence-corrected chi connectivity index (χ0v) is 21.1. The Bertz CT molecular complexity index is 1350. The number of nitrogens with one attached hydrogen (secondary N) is 1. The molecule has 3 aromatic rings. The number of sulfone groups is 1. The lowest BCUT2D eigenvalue weighted by Crippen LogP contribution is -2.42. The first-order valence-corrected chi connectivity index (χ1v) is 13.5. The Morgan fingerprint density at radius 2 is 1.73 bits per heavy atom. The Hall–Kier alpha value is -3.83. The average molecular weight is 525 g/mol. The standard InChI is InChI=1S/C26H28N4O6S/c1-2-19-3-7-21(8-4-19)36-22-9-5-20(6-10-22)26(17-24(31)29-33)11-14-30(15-16-37(26,34)35)25(32)23-18-27-12-13-28-23/h3-10,12-13,18,33H,2,11,14-17H2,1H3,(H,29,31). The third kappa shape index (κ3) is 5.62. The van der Waals surface area contributed by atoms with Crippen LogP contribution in [0.4, 0.5) is 0 Å². The van der Waals surface area contributed by atoms with Crippen molar-refractivity contribution in [2.75, 3.05) is 18.8 Å². The molecule has 1 saturated heterocycles. The predicted molar refractivity (Wildman–Crippen MR) is 135 cm³/mol. The third-order valence-electron chi connectivity index (χ3n) is 6.60. The van der Waals surface area contributed by atoms with Crippen LogP contribution < -0.4 is 10.2 Å². The molecule has 1 unspecified atom stereocenters. The second-order valence-corrected chi connectivity index (χ2v) is 11.2. The zero-order valence-electron chi connectivity index (χ0n) is 20.3. The van der Waals surface area contributed by atoms with Gasteiger partial charge in [-0.15, -0.1) is 0 Å². The van der Waals surface area contributed by atoms with Crippen LogP contribution in [0.15, 0.2) is 67.1 Å². The van der Waals surface area contributed by atoms with E-state index in [1.807, 2.05) is 24.3 Å². The number of rotatable bonds is 7. The van der Waals surface area contributed by atoms with E-state index in [0.717, 1.165) is 6.42 Å². The maximum absolute atomic E-state index is 13.7. The van der Waals surface area contributed by atoms with E-state index in [-0.39, 0.29) is 31.0 Å². The number of carbonyl (C=O) groups excluding carboxylic acids is 2. The Kier molecular flexibility index (Phi) is 7.84. The first-order chi connectivity index (χ1) is 17.8. The van der Waals surface area contributed by atoms with Gasteiger partial charge in [0, 0.05) is 25.5 Å². The number of aryl methyl sites for hydroxylation is 1. The van der Waals surface area contributed by atoms with Crippen molar-refractivity contribution in [3.05, 3.63) is 83.9 Å². The number of hydroxylamine groups is 1. The minimum atomic E-state index is -3.95. The molecule has 194 valence electrons. The van der Waals surface area contributed by atoms with Crippen molar-refractivity contribution in [2.45, 2.75) is 30.9 Å². The van der Waals surface area contributed by atoms with Crippen LogP contribution in [-0.2, 0) is 25.8 Å². The van der Waals surface area contributed by atoms with Crippen LogP contribution in [0.3, 0.4) is 0 Å². The summed E-state index contributed by atoms with van der Waals surface area (Å²) in [7, 11) is -3.95. The van der Waals surface area contributed by atoms with Gasteiger partial charge in [-0.1, -0.05) is 31.2 Å². The van der Waals surface area contributed by atoms with Gasteiger partial charge < -0.3 is 9.64 Å². The van der Waals surface area contributed by atoms with Gasteiger partial charge in [-0.2, -0.15) is 0 Å². The van der Waals surface area contributed by atoms with Gasteiger partial charge in [0.15, 0.2) is 9.84 Å². The Labute approximate surface area is 215 Å². The Morgan fingerprint density at radius 3 is 2.32 bits per heavy atom. The molecule has 1 fully saturated rings. The monoisotopic (exact) mass is 524 g/mol. The number of hydrogen-bond acceptors (Lipinski definition) is 8. The number of hydrogen-bond donors (Lipinski definition) is 2. The smallest absolute Gasteiger partial charge is 0.274 e. The molecule has 37 heavy (non-hydrogen) atoms. The minimum Gasteiger partial charge on any atom is -0.457 e. The van der Waals surface area contributed by atoms with Crippen LogP contribution in [0, 0.1) is 0 Å². The summed E-state index contributed by atoms with van der Waals surface area (Å²) in [5.41, 5.74) is 3.21. The van der Waals surface area contributed by atoms with Crippen molar-refractivity contribution in [1.82, 2.24) is 20.3 Å². The van der Waals surface area contributed by atoms with E-state index < -0.39 is 32.8 Å². The van der Waals surface area contributed by atoms with E-state index >= 15 is 0 Å². The first-order valence-electron chi connectivity index (χ1n) is 11.9. The SMILES string of the molecule is CCc1ccc(Oc2ccc(C3(CC(=O)NO)CCN(C(=O)c4cnccn4)CCS3(=O)=O)cc2)cc1. The fraction of sp³-hybridized carbons (Fsp3) is 0.308. The van der Waals surface area contributed by atoms with E-state index in [2.05, 4.69) is 16.9 Å². The van der Waals surface area contributed by atoms with E-state index in [1.165, 1.54) is 29.1 Å². The quantitative estimate of drug-likeness (QED) is 0.355. The van der Waals surface area contributed by atoms with Crippen molar-refractivity contribution in [3.63, 3.8) is 0 Å². The van der Waals surface area contributed by atoms with Crippen molar-refractivity contribution in [2.24, 2.45) is 0 Å². The lowest BCUT2D eigenvalue weighted by atomic mass is 9.90. The van der Waals surface area contributed by atoms with Gasteiger partial charge in [0.2, 0.25) is 5.91 Å². The molecule has 0 radical (unpaired) electrons. The second-order valence-electron chi connectivity index (χ2n) is 8.78. The molecule has 0 aliphatic carbocycles. The van der Waals surface area contributed by atoms with Gasteiger partial charge in [0.05, 0.1) is 18.4 Å². The summed E-state index contributed by atoms with van der Waals surface area (Å²) in [6, 6.07) is 14.2. The normalized spacial score (nSPS) is 19.0. The van der Waals surface area contributed by atoms with E-state index in [4.69, 9.17) is 4.74 Å². The average Bonchev–Trinajstić information content (AvgIpc) is 3.05. The summed E-state index contributed by atoms with van der Waals surface area (Å²) in [5.74, 6) is -0.503. The fourth-order valence-corrected chi connectivity index (χ4v) is 6.56. The molecule has 4 rings (SSSR count). The molecule has 0 spiro atoms. The number of ether oxygens (including phenoxy) is 1. The van der Waals surface area contributed by atoms with E-state index in [1.54, 1.807) is 29.7 Å². The third-order valence-corrected chi connectivity index (χ3v) is 9.09. The Morgan fingerprint density at radius 1 is 1.05 bits per heavy atom. The molecular weight excluding hydrogens is 496 g/mol. The van der Waals surface area contributed by atoms with Crippen LogP contribution >= 0.6 is 0 Å². The highest BCUT2D eigenvalue weighted by molar-refractivity contribution is 7.92. The number of benzene rings is 2. The molecular formula is C26H28N4O6S. The zero-order chi connectivity index (χ0) is 26.5. The van der Waals surface area contributed by atoms with Crippen LogP contribution in [0.1, 0.15) is 41.4 Å². The number of carbonyl (C=O) groups is 2. The summed E-state index contributed by atoms with van der Waals surface area (Å²) in [6.07, 6.45) is 4.51. The molecule has 1 aliphatic heterocycles. The molecule has 2 heterocycles. The van der Waals surface area contributed by atoms with Crippen molar-refractivity contribution >= 4 is 21.7 Å². The molecule has 1 aromatic heterocycles. The van der Waals surface area contributed by atoms with Crippen molar-refractivity contribution < 1.29 is 28.0 Å². The summed E-state index contributed by atoms with van der Waals surface area (Å²) >= 11 is 0. The highest BCUT2D eigenvalue weighted by Gasteiger charge is 2.49. The number of aromatic nitrogens is 2. The maximum Gasteiger partial charge on any atom is 0.274 e. The largest absolute Gasteiger partial charge is 0.457 e. The lowest BCUT2D eigenvalue weighted by Gasteiger charge is -2.32. The van der Waals surface area contributed by atoms with Gasteiger partial charge >= 0.3 is 0 Å². The topological polar surface area (TPSA) is 139 Å². The molecule has 11 heteroatoms. The van der Waals surface area contributed by atoms with Gasteiger partial charge in [-0.3, -0.25) is 19.8 Å². The van der Waals surface area contributed by atoms with Crippen molar-refractivity contribution in [1.29, 1.82) is 0 Å². The minimum absolute atomic E-state index is 0.0482.